The smallest absolute Gasteiger partial charge is 0.416 e. The zero-order valence-corrected chi connectivity index (χ0v) is 13.4. The zero-order chi connectivity index (χ0) is 18.8. The number of carbonyl (C=O) groups excluding carboxylic acids is 1. The number of carboxylic acids is 1. The second kappa shape index (κ2) is 7.28. The van der Waals surface area contributed by atoms with E-state index in [0.29, 0.717) is 19.0 Å². The number of alkyl halides is 3. The van der Waals surface area contributed by atoms with Crippen molar-refractivity contribution in [1.29, 1.82) is 0 Å². The lowest BCUT2D eigenvalue weighted by Gasteiger charge is -2.34. The summed E-state index contributed by atoms with van der Waals surface area (Å²) >= 11 is 0. The van der Waals surface area contributed by atoms with E-state index in [2.05, 4.69) is 5.32 Å². The lowest BCUT2D eigenvalue weighted by Crippen LogP contribution is -2.49. The van der Waals surface area contributed by atoms with Crippen molar-refractivity contribution in [3.05, 3.63) is 35.1 Å². The Morgan fingerprint density at radius 2 is 2.00 bits per heavy atom. The lowest BCUT2D eigenvalue weighted by atomic mass is 9.91. The molecule has 1 saturated heterocycles. The number of likely N-dealkylation sites (tertiary alicyclic amines) is 1. The van der Waals surface area contributed by atoms with Gasteiger partial charge in [-0.05, 0) is 30.0 Å². The highest BCUT2D eigenvalue weighted by Gasteiger charge is 2.35. The molecule has 0 radical (unpaired) electrons. The van der Waals surface area contributed by atoms with Gasteiger partial charge >= 0.3 is 18.2 Å². The fourth-order valence-corrected chi connectivity index (χ4v) is 2.95. The number of carboxylic acid groups (broad SMARTS) is 1. The Balaban J connectivity index is 2.06. The number of hydrogen-bond acceptors (Lipinski definition) is 2. The molecule has 2 amide bonds. The predicted octanol–water partition coefficient (Wildman–Crippen LogP) is 3.10. The van der Waals surface area contributed by atoms with Crippen molar-refractivity contribution in [2.75, 3.05) is 13.1 Å². The summed E-state index contributed by atoms with van der Waals surface area (Å²) in [6.07, 6.45) is -4.30. The quantitative estimate of drug-likeness (QED) is 0.812. The van der Waals surface area contributed by atoms with Gasteiger partial charge in [0.25, 0.3) is 0 Å². The molecule has 0 saturated carbocycles. The first kappa shape index (κ1) is 19.0. The van der Waals surface area contributed by atoms with E-state index in [1.165, 1.54) is 4.90 Å². The van der Waals surface area contributed by atoms with Gasteiger partial charge in [0.15, 0.2) is 0 Å². The molecule has 1 aromatic rings. The van der Waals surface area contributed by atoms with Crippen LogP contribution >= 0.6 is 0 Å². The number of urea groups is 1. The minimum atomic E-state index is -4.74. The van der Waals surface area contributed by atoms with Crippen molar-refractivity contribution in [1.82, 2.24) is 10.2 Å². The van der Waals surface area contributed by atoms with Crippen LogP contribution in [0.5, 0.6) is 0 Å². The molecule has 1 fully saturated rings. The topological polar surface area (TPSA) is 69.6 Å². The Labute approximate surface area is 141 Å². The first-order valence-corrected chi connectivity index (χ1v) is 7.69. The van der Waals surface area contributed by atoms with Crippen LogP contribution in [0.2, 0.25) is 0 Å². The van der Waals surface area contributed by atoms with Crippen LogP contribution in [0.15, 0.2) is 18.2 Å². The molecule has 1 aliphatic heterocycles. The van der Waals surface area contributed by atoms with Gasteiger partial charge < -0.3 is 15.3 Å². The van der Waals surface area contributed by atoms with Gasteiger partial charge in [-0.1, -0.05) is 13.0 Å². The Morgan fingerprint density at radius 1 is 1.32 bits per heavy atom. The van der Waals surface area contributed by atoms with Crippen LogP contribution in [0.3, 0.4) is 0 Å². The van der Waals surface area contributed by atoms with Gasteiger partial charge in [-0.15, -0.1) is 0 Å². The highest BCUT2D eigenvalue weighted by Crippen LogP contribution is 2.32. The number of nitrogens with one attached hydrogen (secondary N) is 1. The third-order valence-corrected chi connectivity index (χ3v) is 4.10. The largest absolute Gasteiger partial charge is 0.481 e. The number of benzene rings is 1. The summed E-state index contributed by atoms with van der Waals surface area (Å²) in [6.45, 7) is 1.69. The third-order valence-electron chi connectivity index (χ3n) is 4.10. The van der Waals surface area contributed by atoms with E-state index < -0.39 is 42.0 Å². The average molecular weight is 362 g/mol. The molecule has 1 heterocycles. The summed E-state index contributed by atoms with van der Waals surface area (Å²) in [4.78, 5) is 24.6. The van der Waals surface area contributed by atoms with Crippen LogP contribution in [0, 0.1) is 17.7 Å². The molecule has 9 heteroatoms. The molecule has 1 aromatic carbocycles. The summed E-state index contributed by atoms with van der Waals surface area (Å²) in [5.74, 6) is -2.76. The van der Waals surface area contributed by atoms with Crippen LogP contribution in [0.1, 0.15) is 24.5 Å². The number of hydrogen-bond donors (Lipinski definition) is 2. The molecular formula is C16H18F4N2O3. The SMILES string of the molecule is CC1CC(C(=O)O)CN(C(=O)NCc2ccc(F)cc2C(F)(F)F)C1. The van der Waals surface area contributed by atoms with Crippen molar-refractivity contribution in [2.24, 2.45) is 11.8 Å². The highest BCUT2D eigenvalue weighted by atomic mass is 19.4. The Bertz CT molecular complexity index is 663. The monoisotopic (exact) mass is 362 g/mol. The van der Waals surface area contributed by atoms with Crippen molar-refractivity contribution < 1.29 is 32.3 Å². The van der Waals surface area contributed by atoms with Gasteiger partial charge in [-0.2, -0.15) is 13.2 Å². The molecule has 2 unspecified atom stereocenters. The average Bonchev–Trinajstić information content (AvgIpc) is 2.51. The minimum Gasteiger partial charge on any atom is -0.481 e. The third kappa shape index (κ3) is 4.83. The van der Waals surface area contributed by atoms with Gasteiger partial charge in [-0.25, -0.2) is 9.18 Å². The van der Waals surface area contributed by atoms with Crippen molar-refractivity contribution in [3.8, 4) is 0 Å². The second-order valence-corrected chi connectivity index (χ2v) is 6.24. The van der Waals surface area contributed by atoms with Gasteiger partial charge in [0.2, 0.25) is 0 Å². The van der Waals surface area contributed by atoms with Gasteiger partial charge in [0.1, 0.15) is 5.82 Å². The maximum atomic E-state index is 13.1. The van der Waals surface area contributed by atoms with E-state index in [4.69, 9.17) is 5.11 Å². The standard InChI is InChI=1S/C16H18F4N2O3/c1-9-4-11(14(23)24)8-22(7-9)15(25)21-6-10-2-3-12(17)5-13(10)16(18,19)20/h2-3,5,9,11H,4,6-8H2,1H3,(H,21,25)(H,23,24). The molecule has 138 valence electrons. The van der Waals surface area contributed by atoms with E-state index >= 15 is 0 Å². The van der Waals surface area contributed by atoms with Crippen molar-refractivity contribution >= 4 is 12.0 Å². The number of halogens is 4. The summed E-state index contributed by atoms with van der Waals surface area (Å²) in [7, 11) is 0. The number of amides is 2. The van der Waals surface area contributed by atoms with Crippen LogP contribution in [0.25, 0.3) is 0 Å². The normalized spacial score (nSPS) is 21.1. The Morgan fingerprint density at radius 3 is 2.60 bits per heavy atom. The van der Waals surface area contributed by atoms with Gasteiger partial charge in [0, 0.05) is 19.6 Å². The molecule has 2 rings (SSSR count). The summed E-state index contributed by atoms with van der Waals surface area (Å²) in [5.41, 5.74) is -1.41. The van der Waals surface area contributed by atoms with Crippen molar-refractivity contribution in [3.63, 3.8) is 0 Å². The van der Waals surface area contributed by atoms with Gasteiger partial charge in [-0.3, -0.25) is 4.79 Å². The lowest BCUT2D eigenvalue weighted by molar-refractivity contribution is -0.144. The number of nitrogens with zero attached hydrogens (tertiary/aromatic N) is 1. The summed E-state index contributed by atoms with van der Waals surface area (Å²) < 4.78 is 51.9. The highest BCUT2D eigenvalue weighted by molar-refractivity contribution is 5.76. The number of aliphatic carboxylic acids is 1. The minimum absolute atomic E-state index is 0.00104. The molecule has 0 aromatic heterocycles. The molecular weight excluding hydrogens is 344 g/mol. The molecule has 0 bridgehead atoms. The van der Waals surface area contributed by atoms with E-state index in [1.54, 1.807) is 6.92 Å². The van der Waals surface area contributed by atoms with E-state index in [1.807, 2.05) is 0 Å². The molecule has 2 N–H and O–H groups in total. The maximum Gasteiger partial charge on any atom is 0.416 e. The molecule has 25 heavy (non-hydrogen) atoms. The first-order chi connectivity index (χ1) is 11.6. The number of rotatable bonds is 3. The first-order valence-electron chi connectivity index (χ1n) is 7.69. The zero-order valence-electron chi connectivity index (χ0n) is 13.4. The predicted molar refractivity (Wildman–Crippen MR) is 80.1 cm³/mol. The molecule has 1 aliphatic rings. The van der Waals surface area contributed by atoms with Crippen LogP contribution < -0.4 is 5.32 Å². The van der Waals surface area contributed by atoms with E-state index in [0.717, 1.165) is 12.1 Å². The number of carbonyl (C=O) groups is 2. The Kier molecular flexibility index (Phi) is 5.54. The molecule has 5 nitrogen and oxygen atoms in total. The van der Waals surface area contributed by atoms with E-state index in [-0.39, 0.29) is 18.0 Å². The molecule has 0 aliphatic carbocycles. The van der Waals surface area contributed by atoms with Crippen LogP contribution in [-0.2, 0) is 17.5 Å². The molecule has 0 spiro atoms. The fourth-order valence-electron chi connectivity index (χ4n) is 2.95. The van der Waals surface area contributed by atoms with Crippen LogP contribution in [-0.4, -0.2) is 35.1 Å². The fraction of sp³-hybridized carbons (Fsp3) is 0.500. The van der Waals surface area contributed by atoms with E-state index in [9.17, 15) is 27.2 Å². The second-order valence-electron chi connectivity index (χ2n) is 6.24. The Hall–Kier alpha value is -2.32. The summed E-state index contributed by atoms with van der Waals surface area (Å²) in [6, 6.07) is 1.60. The van der Waals surface area contributed by atoms with Gasteiger partial charge in [0.05, 0.1) is 11.5 Å². The van der Waals surface area contributed by atoms with Crippen molar-refractivity contribution in [2.45, 2.75) is 26.1 Å². The van der Waals surface area contributed by atoms with Crippen LogP contribution in [0.4, 0.5) is 22.4 Å². The molecule has 2 atom stereocenters. The summed E-state index contributed by atoms with van der Waals surface area (Å²) in [5, 5.41) is 11.4. The number of piperidine rings is 1. The maximum absolute atomic E-state index is 13.1.